The molecule has 1 aliphatic heterocycles. The molecule has 2 unspecified atom stereocenters. The summed E-state index contributed by atoms with van der Waals surface area (Å²) < 4.78 is 22.5. The van der Waals surface area contributed by atoms with E-state index in [4.69, 9.17) is 23.8 Å². The minimum atomic E-state index is -3.01. The second-order valence-corrected chi connectivity index (χ2v) is 6.47. The van der Waals surface area contributed by atoms with E-state index >= 15 is 0 Å². The Kier molecular flexibility index (Phi) is 4.36. The molecule has 0 spiro atoms. The molecule has 1 heterocycles. The van der Waals surface area contributed by atoms with Crippen LogP contribution >= 0.6 is 23.8 Å². The standard InChI is InChI=1S/C8H13ClN2O2S2/c1-2-3-10-8(14)11-7-5-15(12,13)4-6(7)9/h2,6-7H,1,3-5H2,(H2,10,11,14). The number of nitrogens with one attached hydrogen (secondary N) is 2. The van der Waals surface area contributed by atoms with Crippen molar-refractivity contribution in [3.05, 3.63) is 12.7 Å². The number of hydrogen-bond acceptors (Lipinski definition) is 3. The Balaban J connectivity index is 2.46. The first-order valence-electron chi connectivity index (χ1n) is 4.44. The third-order valence-corrected chi connectivity index (χ3v) is 4.64. The molecule has 2 N–H and O–H groups in total. The van der Waals surface area contributed by atoms with Gasteiger partial charge in [0.05, 0.1) is 22.9 Å². The zero-order valence-corrected chi connectivity index (χ0v) is 10.5. The molecular weight excluding hydrogens is 256 g/mol. The SMILES string of the molecule is C=CCNC(=S)NC1CS(=O)(=O)CC1Cl. The van der Waals surface area contributed by atoms with Crippen molar-refractivity contribution in [1.82, 2.24) is 10.6 Å². The molecule has 0 aromatic rings. The highest BCUT2D eigenvalue weighted by atomic mass is 35.5. The van der Waals surface area contributed by atoms with Gasteiger partial charge < -0.3 is 10.6 Å². The van der Waals surface area contributed by atoms with Crippen LogP contribution in [-0.4, -0.2) is 43.0 Å². The summed E-state index contributed by atoms with van der Waals surface area (Å²) in [5.74, 6) is 0.0490. The van der Waals surface area contributed by atoms with Crippen molar-refractivity contribution in [3.8, 4) is 0 Å². The van der Waals surface area contributed by atoms with E-state index in [1.165, 1.54) is 0 Å². The Hall–Kier alpha value is -0.330. The predicted octanol–water partition coefficient (Wildman–Crippen LogP) is 0.0409. The molecule has 15 heavy (non-hydrogen) atoms. The monoisotopic (exact) mass is 268 g/mol. The molecule has 0 radical (unpaired) electrons. The molecule has 0 aromatic carbocycles. The molecule has 86 valence electrons. The van der Waals surface area contributed by atoms with Gasteiger partial charge in [0.15, 0.2) is 14.9 Å². The predicted molar refractivity (Wildman–Crippen MR) is 66.0 cm³/mol. The quantitative estimate of drug-likeness (QED) is 0.430. The zero-order valence-electron chi connectivity index (χ0n) is 8.07. The van der Waals surface area contributed by atoms with Gasteiger partial charge in [0.1, 0.15) is 0 Å². The van der Waals surface area contributed by atoms with Crippen molar-refractivity contribution in [1.29, 1.82) is 0 Å². The van der Waals surface area contributed by atoms with E-state index in [0.717, 1.165) is 0 Å². The molecule has 1 fully saturated rings. The van der Waals surface area contributed by atoms with Gasteiger partial charge in [-0.05, 0) is 12.2 Å². The number of sulfone groups is 1. The molecule has 7 heteroatoms. The second-order valence-electron chi connectivity index (χ2n) is 3.34. The Labute approximate surface area is 100.0 Å². The smallest absolute Gasteiger partial charge is 0.166 e. The number of alkyl halides is 1. The summed E-state index contributed by atoms with van der Waals surface area (Å²) in [4.78, 5) is 0. The lowest BCUT2D eigenvalue weighted by Gasteiger charge is -2.16. The molecule has 1 saturated heterocycles. The number of thiocarbonyl (C=S) groups is 1. The molecule has 0 bridgehead atoms. The Bertz CT molecular complexity index is 356. The maximum Gasteiger partial charge on any atom is 0.166 e. The number of hydrogen-bond donors (Lipinski definition) is 2. The summed E-state index contributed by atoms with van der Waals surface area (Å²) in [5.41, 5.74) is 0. The lowest BCUT2D eigenvalue weighted by Crippen LogP contribution is -2.45. The normalized spacial score (nSPS) is 28.3. The van der Waals surface area contributed by atoms with Crippen molar-refractivity contribution < 1.29 is 8.42 Å². The molecule has 0 saturated carbocycles. The number of rotatable bonds is 3. The van der Waals surface area contributed by atoms with E-state index in [1.807, 2.05) is 0 Å². The fourth-order valence-electron chi connectivity index (χ4n) is 1.32. The molecule has 0 aromatic heterocycles. The maximum absolute atomic E-state index is 11.2. The summed E-state index contributed by atoms with van der Waals surface area (Å²) in [5, 5.41) is 5.72. The number of halogens is 1. The Morgan fingerprint density at radius 2 is 2.27 bits per heavy atom. The average Bonchev–Trinajstić information content (AvgIpc) is 2.36. The second kappa shape index (κ2) is 5.14. The van der Waals surface area contributed by atoms with Gasteiger partial charge in [0, 0.05) is 6.54 Å². The van der Waals surface area contributed by atoms with Gasteiger partial charge in [-0.2, -0.15) is 0 Å². The van der Waals surface area contributed by atoms with Crippen LogP contribution in [0.4, 0.5) is 0 Å². The van der Waals surface area contributed by atoms with Crippen LogP contribution in [0.3, 0.4) is 0 Å². The van der Waals surface area contributed by atoms with Gasteiger partial charge in [0.25, 0.3) is 0 Å². The van der Waals surface area contributed by atoms with Gasteiger partial charge in [-0.25, -0.2) is 8.42 Å². The fraction of sp³-hybridized carbons (Fsp3) is 0.625. The molecule has 0 aliphatic carbocycles. The largest absolute Gasteiger partial charge is 0.359 e. The van der Waals surface area contributed by atoms with E-state index in [2.05, 4.69) is 17.2 Å². The van der Waals surface area contributed by atoms with Crippen molar-refractivity contribution >= 4 is 38.8 Å². The zero-order chi connectivity index (χ0) is 11.5. The van der Waals surface area contributed by atoms with E-state index in [9.17, 15) is 8.42 Å². The van der Waals surface area contributed by atoms with Gasteiger partial charge in [0.2, 0.25) is 0 Å². The molecule has 1 rings (SSSR count). The van der Waals surface area contributed by atoms with Crippen LogP contribution < -0.4 is 10.6 Å². The van der Waals surface area contributed by atoms with E-state index in [0.29, 0.717) is 11.7 Å². The van der Waals surface area contributed by atoms with E-state index < -0.39 is 15.2 Å². The van der Waals surface area contributed by atoms with E-state index in [-0.39, 0.29) is 17.5 Å². The highest BCUT2D eigenvalue weighted by Crippen LogP contribution is 2.17. The lowest BCUT2D eigenvalue weighted by molar-refractivity contribution is 0.600. The van der Waals surface area contributed by atoms with Gasteiger partial charge >= 0.3 is 0 Å². The highest BCUT2D eigenvalue weighted by molar-refractivity contribution is 7.91. The van der Waals surface area contributed by atoms with Crippen LogP contribution in [0.1, 0.15) is 0 Å². The Morgan fingerprint density at radius 1 is 1.60 bits per heavy atom. The maximum atomic E-state index is 11.2. The molecule has 2 atom stereocenters. The van der Waals surface area contributed by atoms with Gasteiger partial charge in [-0.15, -0.1) is 18.2 Å². The van der Waals surface area contributed by atoms with Crippen LogP contribution in [0.25, 0.3) is 0 Å². The topological polar surface area (TPSA) is 58.2 Å². The fourth-order valence-corrected chi connectivity index (χ4v) is 4.11. The molecule has 4 nitrogen and oxygen atoms in total. The summed E-state index contributed by atoms with van der Waals surface area (Å²) >= 11 is 10.9. The third kappa shape index (κ3) is 3.96. The first kappa shape index (κ1) is 12.7. The first-order valence-corrected chi connectivity index (χ1v) is 7.11. The lowest BCUT2D eigenvalue weighted by atomic mass is 10.2. The van der Waals surface area contributed by atoms with Crippen molar-refractivity contribution in [2.75, 3.05) is 18.1 Å². The van der Waals surface area contributed by atoms with Crippen LogP contribution in [-0.2, 0) is 9.84 Å². The summed E-state index contributed by atoms with van der Waals surface area (Å²) in [6.45, 7) is 4.07. The molecular formula is C8H13ClN2O2S2. The minimum Gasteiger partial charge on any atom is -0.359 e. The Morgan fingerprint density at radius 3 is 2.73 bits per heavy atom. The summed E-state index contributed by atoms with van der Waals surface area (Å²) in [6.07, 6.45) is 1.66. The highest BCUT2D eigenvalue weighted by Gasteiger charge is 2.36. The summed E-state index contributed by atoms with van der Waals surface area (Å²) in [7, 11) is -3.01. The van der Waals surface area contributed by atoms with Crippen molar-refractivity contribution in [2.24, 2.45) is 0 Å². The molecule has 0 amide bonds. The van der Waals surface area contributed by atoms with E-state index in [1.54, 1.807) is 6.08 Å². The van der Waals surface area contributed by atoms with Crippen LogP contribution in [0.5, 0.6) is 0 Å². The first-order chi connectivity index (χ1) is 6.94. The summed E-state index contributed by atoms with van der Waals surface area (Å²) in [6, 6.07) is -0.304. The average molecular weight is 269 g/mol. The molecule has 1 aliphatic rings. The van der Waals surface area contributed by atoms with Crippen molar-refractivity contribution in [3.63, 3.8) is 0 Å². The van der Waals surface area contributed by atoms with Crippen LogP contribution in [0.2, 0.25) is 0 Å². The third-order valence-electron chi connectivity index (χ3n) is 2.01. The van der Waals surface area contributed by atoms with Crippen molar-refractivity contribution in [2.45, 2.75) is 11.4 Å². The minimum absolute atomic E-state index is 0.0102. The van der Waals surface area contributed by atoms with Crippen LogP contribution in [0.15, 0.2) is 12.7 Å². The van der Waals surface area contributed by atoms with Gasteiger partial charge in [-0.1, -0.05) is 6.08 Å². The van der Waals surface area contributed by atoms with Gasteiger partial charge in [-0.3, -0.25) is 0 Å². The van der Waals surface area contributed by atoms with Crippen LogP contribution in [0, 0.1) is 0 Å².